The first-order valence-corrected chi connectivity index (χ1v) is 7.32. The van der Waals surface area contributed by atoms with E-state index in [1.54, 1.807) is 7.11 Å². The van der Waals surface area contributed by atoms with Gasteiger partial charge in [0.2, 0.25) is 0 Å². The van der Waals surface area contributed by atoms with Gasteiger partial charge in [-0.1, -0.05) is 32.9 Å². The van der Waals surface area contributed by atoms with Crippen LogP contribution in [0.1, 0.15) is 20.8 Å². The first-order chi connectivity index (χ1) is 10.0. The van der Waals surface area contributed by atoms with Crippen LogP contribution in [-0.4, -0.2) is 32.8 Å². The molecule has 6 heteroatoms. The van der Waals surface area contributed by atoms with E-state index in [1.807, 2.05) is 24.3 Å². The third-order valence-electron chi connectivity index (χ3n) is 2.85. The number of guanidine groups is 1. The number of rotatable bonds is 8. The van der Waals surface area contributed by atoms with Crippen molar-refractivity contribution in [3.8, 4) is 11.5 Å². The lowest BCUT2D eigenvalue weighted by atomic mass is 10.2. The molecule has 1 unspecified atom stereocenters. The van der Waals surface area contributed by atoms with Gasteiger partial charge in [-0.2, -0.15) is 0 Å². The molecule has 0 amide bonds. The van der Waals surface area contributed by atoms with Crippen LogP contribution >= 0.6 is 24.0 Å². The van der Waals surface area contributed by atoms with Crippen LogP contribution in [0.15, 0.2) is 29.3 Å². The number of nitrogens with one attached hydrogen (secondary N) is 1. The SMILES string of the molecule is COc1ccccc1OCC(C)CNC(N)=NCC(C)C.I. The quantitative estimate of drug-likeness (QED) is 0.385. The Morgan fingerprint density at radius 1 is 1.23 bits per heavy atom. The highest BCUT2D eigenvalue weighted by Crippen LogP contribution is 2.26. The monoisotopic (exact) mass is 421 g/mol. The Hall–Kier alpha value is -1.18. The second kappa shape index (κ2) is 11.4. The summed E-state index contributed by atoms with van der Waals surface area (Å²) in [4.78, 5) is 4.26. The van der Waals surface area contributed by atoms with E-state index in [-0.39, 0.29) is 24.0 Å². The molecule has 0 aliphatic carbocycles. The maximum absolute atomic E-state index is 5.80. The minimum absolute atomic E-state index is 0. The van der Waals surface area contributed by atoms with E-state index < -0.39 is 0 Å². The second-order valence-corrected chi connectivity index (χ2v) is 5.57. The molecule has 1 rings (SSSR count). The van der Waals surface area contributed by atoms with Gasteiger partial charge in [0.15, 0.2) is 17.5 Å². The highest BCUT2D eigenvalue weighted by Gasteiger charge is 2.07. The highest BCUT2D eigenvalue weighted by molar-refractivity contribution is 14.0. The molecule has 0 aliphatic rings. The Morgan fingerprint density at radius 3 is 2.45 bits per heavy atom. The van der Waals surface area contributed by atoms with E-state index in [9.17, 15) is 0 Å². The lowest BCUT2D eigenvalue weighted by Gasteiger charge is -2.16. The average molecular weight is 421 g/mol. The smallest absolute Gasteiger partial charge is 0.188 e. The molecule has 22 heavy (non-hydrogen) atoms. The van der Waals surface area contributed by atoms with Crippen molar-refractivity contribution < 1.29 is 9.47 Å². The van der Waals surface area contributed by atoms with Crippen LogP contribution in [0.2, 0.25) is 0 Å². The van der Waals surface area contributed by atoms with Crippen molar-refractivity contribution in [2.75, 3.05) is 26.8 Å². The lowest BCUT2D eigenvalue weighted by molar-refractivity contribution is 0.248. The zero-order valence-electron chi connectivity index (χ0n) is 13.8. The van der Waals surface area contributed by atoms with Crippen LogP contribution in [0, 0.1) is 11.8 Å². The zero-order valence-corrected chi connectivity index (χ0v) is 16.2. The number of methoxy groups -OCH3 is 1. The molecule has 5 nitrogen and oxygen atoms in total. The molecule has 0 aromatic heterocycles. The number of halogens is 1. The largest absolute Gasteiger partial charge is 0.493 e. The van der Waals surface area contributed by atoms with Crippen molar-refractivity contribution in [1.82, 2.24) is 5.32 Å². The van der Waals surface area contributed by atoms with Gasteiger partial charge in [0.1, 0.15) is 0 Å². The highest BCUT2D eigenvalue weighted by atomic mass is 127. The van der Waals surface area contributed by atoms with Gasteiger partial charge in [-0.25, -0.2) is 0 Å². The molecule has 1 aromatic carbocycles. The minimum atomic E-state index is 0. The van der Waals surface area contributed by atoms with Crippen molar-refractivity contribution in [1.29, 1.82) is 0 Å². The predicted octanol–water partition coefficient (Wildman–Crippen LogP) is 2.89. The van der Waals surface area contributed by atoms with Crippen molar-refractivity contribution >= 4 is 29.9 Å². The molecular weight excluding hydrogens is 393 g/mol. The molecule has 0 bridgehead atoms. The van der Waals surface area contributed by atoms with Gasteiger partial charge in [0, 0.05) is 19.0 Å². The molecule has 0 spiro atoms. The van der Waals surface area contributed by atoms with Gasteiger partial charge in [-0.05, 0) is 18.1 Å². The molecule has 3 N–H and O–H groups in total. The Morgan fingerprint density at radius 2 is 1.86 bits per heavy atom. The van der Waals surface area contributed by atoms with Crippen LogP contribution in [0.4, 0.5) is 0 Å². The Labute approximate surface area is 150 Å². The molecule has 0 radical (unpaired) electrons. The van der Waals surface area contributed by atoms with E-state index in [2.05, 4.69) is 31.1 Å². The lowest BCUT2D eigenvalue weighted by Crippen LogP contribution is -2.36. The van der Waals surface area contributed by atoms with Crippen LogP contribution in [0.5, 0.6) is 11.5 Å². The molecule has 0 heterocycles. The third-order valence-corrected chi connectivity index (χ3v) is 2.85. The first kappa shape index (κ1) is 20.8. The minimum Gasteiger partial charge on any atom is -0.493 e. The number of nitrogens with zero attached hydrogens (tertiary/aromatic N) is 1. The summed E-state index contributed by atoms with van der Waals surface area (Å²) in [6.07, 6.45) is 0. The summed E-state index contributed by atoms with van der Waals surface area (Å²) < 4.78 is 11.0. The molecule has 0 saturated carbocycles. The van der Waals surface area contributed by atoms with Gasteiger partial charge in [-0.3, -0.25) is 4.99 Å². The van der Waals surface area contributed by atoms with Crippen LogP contribution in [0.3, 0.4) is 0 Å². The summed E-state index contributed by atoms with van der Waals surface area (Å²) in [5.74, 6) is 2.82. The van der Waals surface area contributed by atoms with E-state index in [0.717, 1.165) is 24.6 Å². The fourth-order valence-electron chi connectivity index (χ4n) is 1.64. The van der Waals surface area contributed by atoms with E-state index in [4.69, 9.17) is 15.2 Å². The van der Waals surface area contributed by atoms with Crippen LogP contribution < -0.4 is 20.5 Å². The zero-order chi connectivity index (χ0) is 15.7. The van der Waals surface area contributed by atoms with Crippen molar-refractivity contribution in [2.45, 2.75) is 20.8 Å². The Balaban J connectivity index is 0.00000441. The van der Waals surface area contributed by atoms with Gasteiger partial charge < -0.3 is 20.5 Å². The van der Waals surface area contributed by atoms with Gasteiger partial charge in [0.05, 0.1) is 13.7 Å². The first-order valence-electron chi connectivity index (χ1n) is 7.32. The topological polar surface area (TPSA) is 68.9 Å². The summed E-state index contributed by atoms with van der Waals surface area (Å²) >= 11 is 0. The fraction of sp³-hybridized carbons (Fsp3) is 0.562. The molecule has 1 aromatic rings. The van der Waals surface area contributed by atoms with Crippen LogP contribution in [-0.2, 0) is 0 Å². The fourth-order valence-corrected chi connectivity index (χ4v) is 1.64. The maximum atomic E-state index is 5.80. The standard InChI is InChI=1S/C16H27N3O2.HI/c1-12(2)9-18-16(17)19-10-13(3)11-21-15-8-6-5-7-14(15)20-4;/h5-8,12-13H,9-11H2,1-4H3,(H3,17,18,19);1H. The van der Waals surface area contributed by atoms with E-state index in [1.165, 1.54) is 0 Å². The maximum Gasteiger partial charge on any atom is 0.188 e. The Kier molecular flexibility index (Phi) is 10.8. The number of benzene rings is 1. The Bertz CT molecular complexity index is 453. The summed E-state index contributed by atoms with van der Waals surface area (Å²) in [7, 11) is 1.64. The number of nitrogens with two attached hydrogens (primary N) is 1. The normalized spacial score (nSPS) is 12.5. The van der Waals surface area contributed by atoms with Crippen LogP contribution in [0.25, 0.3) is 0 Å². The molecule has 126 valence electrons. The van der Waals surface area contributed by atoms with E-state index in [0.29, 0.717) is 24.4 Å². The summed E-state index contributed by atoms with van der Waals surface area (Å²) in [6, 6.07) is 7.63. The van der Waals surface area contributed by atoms with Crippen molar-refractivity contribution in [3.05, 3.63) is 24.3 Å². The molecular formula is C16H28IN3O2. The predicted molar refractivity (Wildman–Crippen MR) is 102 cm³/mol. The van der Waals surface area contributed by atoms with E-state index >= 15 is 0 Å². The second-order valence-electron chi connectivity index (χ2n) is 5.57. The summed E-state index contributed by atoms with van der Waals surface area (Å²) in [5.41, 5.74) is 5.80. The molecule has 0 aliphatic heterocycles. The molecule has 0 fully saturated rings. The summed E-state index contributed by atoms with van der Waals surface area (Å²) in [6.45, 7) is 8.37. The van der Waals surface area contributed by atoms with Crippen molar-refractivity contribution in [3.63, 3.8) is 0 Å². The number of aliphatic imine (C=N–C) groups is 1. The number of hydrogen-bond donors (Lipinski definition) is 2. The number of para-hydroxylation sites is 2. The van der Waals surface area contributed by atoms with Gasteiger partial charge in [-0.15, -0.1) is 24.0 Å². The average Bonchev–Trinajstić information content (AvgIpc) is 2.49. The molecule has 1 atom stereocenters. The molecule has 0 saturated heterocycles. The number of hydrogen-bond acceptors (Lipinski definition) is 3. The summed E-state index contributed by atoms with van der Waals surface area (Å²) in [5, 5.41) is 3.12. The third kappa shape index (κ3) is 8.31. The van der Waals surface area contributed by atoms with Gasteiger partial charge in [0.25, 0.3) is 0 Å². The van der Waals surface area contributed by atoms with Crippen molar-refractivity contribution in [2.24, 2.45) is 22.6 Å². The number of ether oxygens (including phenoxy) is 2. The van der Waals surface area contributed by atoms with Gasteiger partial charge >= 0.3 is 0 Å².